The molecule has 0 bridgehead atoms. The van der Waals surface area contributed by atoms with Crippen LogP contribution in [0.25, 0.3) is 0 Å². The van der Waals surface area contributed by atoms with Gasteiger partial charge in [0.2, 0.25) is 0 Å². The van der Waals surface area contributed by atoms with Crippen LogP contribution >= 0.6 is 11.3 Å². The van der Waals surface area contributed by atoms with Crippen molar-refractivity contribution < 1.29 is 0 Å². The number of nitrogens with zero attached hydrogens (tertiary/aromatic N) is 2. The number of aromatic nitrogens is 1. The molecule has 0 aliphatic carbocycles. The Labute approximate surface area is 110 Å². The molecule has 1 aliphatic heterocycles. The molecule has 18 heavy (non-hydrogen) atoms. The third kappa shape index (κ3) is 1.97. The van der Waals surface area contributed by atoms with E-state index in [0.29, 0.717) is 0 Å². The number of nitrogens with one attached hydrogen (secondary N) is 1. The van der Waals surface area contributed by atoms with Gasteiger partial charge in [-0.3, -0.25) is 5.41 Å². The normalized spacial score (nSPS) is 14.3. The SMILES string of the molecule is N=C(N)c1ccnc(N2CCc3sccc3C2)c1. The molecule has 2 aromatic heterocycles. The van der Waals surface area contributed by atoms with Gasteiger partial charge in [0, 0.05) is 29.7 Å². The predicted octanol–water partition coefficient (Wildman–Crippen LogP) is 1.99. The van der Waals surface area contributed by atoms with Crippen LogP contribution in [-0.4, -0.2) is 17.4 Å². The lowest BCUT2D eigenvalue weighted by Crippen LogP contribution is -2.30. The average molecular weight is 258 g/mol. The van der Waals surface area contributed by atoms with Gasteiger partial charge in [-0.15, -0.1) is 11.3 Å². The van der Waals surface area contributed by atoms with E-state index in [1.54, 1.807) is 12.3 Å². The van der Waals surface area contributed by atoms with Gasteiger partial charge in [0.15, 0.2) is 0 Å². The van der Waals surface area contributed by atoms with E-state index < -0.39 is 0 Å². The summed E-state index contributed by atoms with van der Waals surface area (Å²) in [6.07, 6.45) is 2.79. The molecule has 0 unspecified atom stereocenters. The van der Waals surface area contributed by atoms with E-state index >= 15 is 0 Å². The lowest BCUT2D eigenvalue weighted by atomic mass is 10.1. The number of thiophene rings is 1. The van der Waals surface area contributed by atoms with Crippen molar-refractivity contribution in [1.29, 1.82) is 5.41 Å². The Morgan fingerprint density at radius 1 is 1.44 bits per heavy atom. The van der Waals surface area contributed by atoms with Crippen LogP contribution in [-0.2, 0) is 13.0 Å². The van der Waals surface area contributed by atoms with Crippen molar-refractivity contribution in [2.75, 3.05) is 11.4 Å². The summed E-state index contributed by atoms with van der Waals surface area (Å²) in [7, 11) is 0. The molecule has 5 heteroatoms. The van der Waals surface area contributed by atoms with Crippen LogP contribution in [0.3, 0.4) is 0 Å². The first kappa shape index (κ1) is 11.2. The maximum atomic E-state index is 7.47. The average Bonchev–Trinajstić information content (AvgIpc) is 2.86. The first-order chi connectivity index (χ1) is 8.74. The minimum absolute atomic E-state index is 0.0897. The molecule has 0 aromatic carbocycles. The zero-order valence-electron chi connectivity index (χ0n) is 9.89. The number of pyridine rings is 1. The van der Waals surface area contributed by atoms with E-state index in [9.17, 15) is 0 Å². The second kappa shape index (κ2) is 4.42. The summed E-state index contributed by atoms with van der Waals surface area (Å²) < 4.78 is 0. The molecule has 2 aromatic rings. The largest absolute Gasteiger partial charge is 0.384 e. The highest BCUT2D eigenvalue weighted by atomic mass is 32.1. The molecule has 3 N–H and O–H groups in total. The summed E-state index contributed by atoms with van der Waals surface area (Å²) in [6, 6.07) is 5.84. The van der Waals surface area contributed by atoms with Crippen molar-refractivity contribution >= 4 is 23.0 Å². The van der Waals surface area contributed by atoms with Gasteiger partial charge in [0.1, 0.15) is 11.7 Å². The zero-order chi connectivity index (χ0) is 12.5. The Kier molecular flexibility index (Phi) is 2.76. The maximum absolute atomic E-state index is 7.47. The molecule has 1 aliphatic rings. The van der Waals surface area contributed by atoms with Crippen LogP contribution in [0.5, 0.6) is 0 Å². The van der Waals surface area contributed by atoms with Gasteiger partial charge >= 0.3 is 0 Å². The topological polar surface area (TPSA) is 66.0 Å². The summed E-state index contributed by atoms with van der Waals surface area (Å²) in [6.45, 7) is 1.87. The van der Waals surface area contributed by atoms with Gasteiger partial charge in [-0.1, -0.05) is 0 Å². The Hall–Kier alpha value is -1.88. The number of fused-ring (bicyclic) bond motifs is 1. The van der Waals surface area contributed by atoms with E-state index in [4.69, 9.17) is 11.1 Å². The molecule has 3 heterocycles. The van der Waals surface area contributed by atoms with Gasteiger partial charge in [-0.25, -0.2) is 4.98 Å². The second-order valence-corrected chi connectivity index (χ2v) is 5.36. The summed E-state index contributed by atoms with van der Waals surface area (Å²) in [5.74, 6) is 0.992. The smallest absolute Gasteiger partial charge is 0.129 e. The number of nitrogen functional groups attached to an aromatic ring is 1. The molecule has 4 nitrogen and oxygen atoms in total. The lowest BCUT2D eigenvalue weighted by Gasteiger charge is -2.28. The van der Waals surface area contributed by atoms with Crippen LogP contribution in [0.4, 0.5) is 5.82 Å². The molecule has 0 saturated heterocycles. The second-order valence-electron chi connectivity index (χ2n) is 4.36. The summed E-state index contributed by atoms with van der Waals surface area (Å²) in [5.41, 5.74) is 7.63. The Bertz CT molecular complexity index is 590. The van der Waals surface area contributed by atoms with Crippen LogP contribution in [0.2, 0.25) is 0 Å². The van der Waals surface area contributed by atoms with Crippen molar-refractivity contribution in [1.82, 2.24) is 4.98 Å². The lowest BCUT2D eigenvalue weighted by molar-refractivity contribution is 0.732. The van der Waals surface area contributed by atoms with Crippen LogP contribution in [0, 0.1) is 5.41 Å². The van der Waals surface area contributed by atoms with Gasteiger partial charge in [0.25, 0.3) is 0 Å². The minimum Gasteiger partial charge on any atom is -0.384 e. The van der Waals surface area contributed by atoms with E-state index in [1.807, 2.05) is 17.4 Å². The molecular formula is C13H14N4S. The van der Waals surface area contributed by atoms with Gasteiger partial charge in [0.05, 0.1) is 0 Å². The molecule has 0 saturated carbocycles. The number of anilines is 1. The van der Waals surface area contributed by atoms with Crippen molar-refractivity contribution in [3.8, 4) is 0 Å². The molecule has 0 atom stereocenters. The van der Waals surface area contributed by atoms with E-state index in [1.165, 1.54) is 10.4 Å². The molecular weight excluding hydrogens is 244 g/mol. The Balaban J connectivity index is 1.88. The summed E-state index contributed by atoms with van der Waals surface area (Å²) in [5, 5.41) is 9.62. The van der Waals surface area contributed by atoms with Gasteiger partial charge < -0.3 is 10.6 Å². The zero-order valence-corrected chi connectivity index (χ0v) is 10.7. The van der Waals surface area contributed by atoms with Crippen molar-refractivity contribution in [2.24, 2.45) is 5.73 Å². The molecule has 92 valence electrons. The molecule has 0 spiro atoms. The van der Waals surface area contributed by atoms with Crippen molar-refractivity contribution in [2.45, 2.75) is 13.0 Å². The fraction of sp³-hybridized carbons (Fsp3) is 0.231. The highest BCUT2D eigenvalue weighted by molar-refractivity contribution is 7.10. The number of hydrogen-bond acceptors (Lipinski definition) is 4. The molecule has 0 amide bonds. The Morgan fingerprint density at radius 3 is 3.17 bits per heavy atom. The van der Waals surface area contributed by atoms with E-state index in [-0.39, 0.29) is 5.84 Å². The fourth-order valence-electron chi connectivity index (χ4n) is 2.20. The monoisotopic (exact) mass is 258 g/mol. The number of hydrogen-bond donors (Lipinski definition) is 2. The fourth-order valence-corrected chi connectivity index (χ4v) is 3.09. The van der Waals surface area contributed by atoms with Crippen LogP contribution in [0.15, 0.2) is 29.8 Å². The third-order valence-corrected chi connectivity index (χ3v) is 4.21. The van der Waals surface area contributed by atoms with Crippen LogP contribution < -0.4 is 10.6 Å². The standard InChI is InChI=1S/C13H14N4S/c14-13(15)9-1-4-16-12(7-9)17-5-2-11-10(8-17)3-6-18-11/h1,3-4,6-7H,2,5,8H2,(H3,14,15). The molecule has 0 fully saturated rings. The Morgan fingerprint density at radius 2 is 2.33 bits per heavy atom. The number of rotatable bonds is 2. The first-order valence-corrected chi connectivity index (χ1v) is 6.72. The summed E-state index contributed by atoms with van der Waals surface area (Å²) >= 11 is 1.83. The maximum Gasteiger partial charge on any atom is 0.129 e. The van der Waals surface area contributed by atoms with E-state index in [0.717, 1.165) is 30.9 Å². The quantitative estimate of drug-likeness (QED) is 0.639. The van der Waals surface area contributed by atoms with E-state index in [2.05, 4.69) is 21.3 Å². The number of nitrogens with two attached hydrogens (primary N) is 1. The molecule has 0 radical (unpaired) electrons. The highest BCUT2D eigenvalue weighted by Gasteiger charge is 2.18. The molecule has 3 rings (SSSR count). The van der Waals surface area contributed by atoms with Gasteiger partial charge in [-0.2, -0.15) is 0 Å². The highest BCUT2D eigenvalue weighted by Crippen LogP contribution is 2.26. The van der Waals surface area contributed by atoms with Gasteiger partial charge in [-0.05, 0) is 35.6 Å². The predicted molar refractivity (Wildman–Crippen MR) is 74.3 cm³/mol. The summed E-state index contributed by atoms with van der Waals surface area (Å²) in [4.78, 5) is 8.10. The van der Waals surface area contributed by atoms with Crippen LogP contribution in [0.1, 0.15) is 16.0 Å². The van der Waals surface area contributed by atoms with Crippen molar-refractivity contribution in [3.05, 3.63) is 45.8 Å². The minimum atomic E-state index is 0.0897. The number of amidine groups is 1. The first-order valence-electron chi connectivity index (χ1n) is 5.84. The van der Waals surface area contributed by atoms with Crippen molar-refractivity contribution in [3.63, 3.8) is 0 Å². The third-order valence-electron chi connectivity index (χ3n) is 3.19.